The van der Waals surface area contributed by atoms with E-state index in [0.717, 1.165) is 19.3 Å². The Labute approximate surface area is 200 Å². The predicted octanol–water partition coefficient (Wildman–Crippen LogP) is 3.98. The second-order valence-electron chi connectivity index (χ2n) is 7.74. The molecule has 2 N–H and O–H groups in total. The molecule has 1 unspecified atom stereocenters. The fraction of sp³-hybridized carbons (Fsp3) is 1.00. The van der Waals surface area contributed by atoms with Crippen LogP contribution in [0.15, 0.2) is 0 Å². The molecular weight excluding hydrogens is 427 g/mol. The van der Waals surface area contributed by atoms with Crippen molar-refractivity contribution in [2.24, 2.45) is 0 Å². The van der Waals surface area contributed by atoms with Crippen LogP contribution in [-0.4, -0.2) is 79.2 Å². The summed E-state index contributed by atoms with van der Waals surface area (Å²) in [5, 5.41) is 0. The van der Waals surface area contributed by atoms with Crippen molar-refractivity contribution < 1.29 is 30.7 Å². The van der Waals surface area contributed by atoms with Gasteiger partial charge in [-0.15, -0.1) is 0 Å². The van der Waals surface area contributed by atoms with Gasteiger partial charge in [-0.2, -0.15) is 16.8 Å². The molecule has 0 bridgehead atoms. The molecule has 29 heavy (non-hydrogen) atoms. The molecule has 7 nitrogen and oxygen atoms in total. The van der Waals surface area contributed by atoms with Gasteiger partial charge in [0, 0.05) is 0 Å². The van der Waals surface area contributed by atoms with E-state index in [1.165, 1.54) is 57.8 Å². The van der Waals surface area contributed by atoms with Gasteiger partial charge in [0.1, 0.15) is 11.5 Å². The van der Waals surface area contributed by atoms with Gasteiger partial charge in [0.15, 0.2) is 0 Å². The van der Waals surface area contributed by atoms with Gasteiger partial charge < -0.3 is 4.74 Å². The van der Waals surface area contributed by atoms with Gasteiger partial charge in [-0.05, 0) is 13.3 Å². The second-order valence-corrected chi connectivity index (χ2v) is 10.7. The van der Waals surface area contributed by atoms with E-state index < -0.39 is 37.8 Å². The van der Waals surface area contributed by atoms with Crippen molar-refractivity contribution >= 4 is 49.8 Å². The molecule has 0 aromatic heterocycles. The standard InChI is InChI=1S/C19H40O7S2.Na.H/c1-3-4-5-6-7-8-9-10-11-12-13-14-15-18(2)26-19(16-27(20,21)22)17-28(23,24)25;;/h18-19H,3-17H2,1-2H3,(H,20,21,22)(H,23,24,25);;. The van der Waals surface area contributed by atoms with Gasteiger partial charge in [0.25, 0.3) is 20.2 Å². The van der Waals surface area contributed by atoms with Crippen molar-refractivity contribution in [1.82, 2.24) is 0 Å². The molecule has 0 rings (SSSR count). The zero-order valence-electron chi connectivity index (χ0n) is 17.5. The zero-order chi connectivity index (χ0) is 21.5. The first-order chi connectivity index (χ1) is 13.0. The summed E-state index contributed by atoms with van der Waals surface area (Å²) >= 11 is 0. The molecule has 0 aliphatic carbocycles. The number of hydrogen-bond donors (Lipinski definition) is 2. The van der Waals surface area contributed by atoms with E-state index >= 15 is 0 Å². The molecule has 0 aromatic carbocycles. The third kappa shape index (κ3) is 24.9. The number of unbranched alkanes of at least 4 members (excludes halogenated alkanes) is 11. The van der Waals surface area contributed by atoms with Crippen LogP contribution in [0.4, 0.5) is 0 Å². The first-order valence-corrected chi connectivity index (χ1v) is 13.8. The summed E-state index contributed by atoms with van der Waals surface area (Å²) in [5.74, 6) is -1.70. The molecule has 0 aromatic rings. The van der Waals surface area contributed by atoms with Crippen LogP contribution in [0.5, 0.6) is 0 Å². The maximum absolute atomic E-state index is 11.0. The summed E-state index contributed by atoms with van der Waals surface area (Å²) in [7, 11) is -8.78. The van der Waals surface area contributed by atoms with Crippen LogP contribution in [-0.2, 0) is 25.0 Å². The van der Waals surface area contributed by atoms with E-state index in [0.29, 0.717) is 6.42 Å². The summed E-state index contributed by atoms with van der Waals surface area (Å²) < 4.78 is 67.2. The minimum atomic E-state index is -4.39. The van der Waals surface area contributed by atoms with E-state index in [9.17, 15) is 16.8 Å². The van der Waals surface area contributed by atoms with Gasteiger partial charge in [-0.3, -0.25) is 9.11 Å². The average Bonchev–Trinajstić information content (AvgIpc) is 2.52. The minimum absolute atomic E-state index is 0. The summed E-state index contributed by atoms with van der Waals surface area (Å²) in [6, 6.07) is 0. The molecule has 10 heteroatoms. The van der Waals surface area contributed by atoms with E-state index in [1.807, 2.05) is 0 Å². The Morgan fingerprint density at radius 3 is 1.38 bits per heavy atom. The maximum atomic E-state index is 11.0. The Morgan fingerprint density at radius 1 is 0.690 bits per heavy atom. The van der Waals surface area contributed by atoms with E-state index in [4.69, 9.17) is 13.8 Å². The summed E-state index contributed by atoms with van der Waals surface area (Å²) in [6.45, 7) is 3.96. The summed E-state index contributed by atoms with van der Waals surface area (Å²) in [6.07, 6.45) is 13.9. The third-order valence-corrected chi connectivity index (χ3v) is 6.27. The fourth-order valence-corrected chi connectivity index (χ4v) is 4.75. The van der Waals surface area contributed by atoms with Crippen LogP contribution in [0, 0.1) is 0 Å². The predicted molar refractivity (Wildman–Crippen MR) is 120 cm³/mol. The van der Waals surface area contributed by atoms with Crippen molar-refractivity contribution in [1.29, 1.82) is 0 Å². The van der Waals surface area contributed by atoms with Gasteiger partial charge in [0.2, 0.25) is 0 Å². The van der Waals surface area contributed by atoms with Crippen molar-refractivity contribution in [3.05, 3.63) is 0 Å². The Bertz CT molecular complexity index is 545. The van der Waals surface area contributed by atoms with Crippen LogP contribution < -0.4 is 0 Å². The molecule has 0 aliphatic rings. The first kappa shape index (κ1) is 32.0. The Kier molecular flexibility index (Phi) is 20.2. The van der Waals surface area contributed by atoms with Gasteiger partial charge in [-0.1, -0.05) is 84.0 Å². The molecule has 0 heterocycles. The second kappa shape index (κ2) is 18.4. The summed E-state index contributed by atoms with van der Waals surface area (Å²) in [4.78, 5) is 0. The Balaban J connectivity index is 0. The molecule has 0 saturated heterocycles. The molecule has 0 aliphatic heterocycles. The van der Waals surface area contributed by atoms with Crippen molar-refractivity contribution in [3.63, 3.8) is 0 Å². The molecule has 172 valence electrons. The number of ether oxygens (including phenoxy) is 1. The topological polar surface area (TPSA) is 118 Å². The Morgan fingerprint density at radius 2 is 1.03 bits per heavy atom. The van der Waals surface area contributed by atoms with E-state index in [-0.39, 0.29) is 35.7 Å². The van der Waals surface area contributed by atoms with E-state index in [2.05, 4.69) is 6.92 Å². The van der Waals surface area contributed by atoms with Crippen LogP contribution in [0.2, 0.25) is 0 Å². The van der Waals surface area contributed by atoms with Crippen molar-refractivity contribution in [2.75, 3.05) is 11.5 Å². The quantitative estimate of drug-likeness (QED) is 0.167. The zero-order valence-corrected chi connectivity index (χ0v) is 19.1. The monoisotopic (exact) mass is 468 g/mol. The molecule has 0 spiro atoms. The van der Waals surface area contributed by atoms with Gasteiger partial charge >= 0.3 is 29.6 Å². The van der Waals surface area contributed by atoms with Crippen LogP contribution >= 0.6 is 0 Å². The summed E-state index contributed by atoms with van der Waals surface area (Å²) in [5.41, 5.74) is 0. The molecule has 0 radical (unpaired) electrons. The Hall–Kier alpha value is 0.780. The first-order valence-electron chi connectivity index (χ1n) is 10.6. The van der Waals surface area contributed by atoms with Gasteiger partial charge in [-0.25, -0.2) is 0 Å². The van der Waals surface area contributed by atoms with Crippen LogP contribution in [0.1, 0.15) is 97.3 Å². The normalized spacial score (nSPS) is 13.4. The van der Waals surface area contributed by atoms with Gasteiger partial charge in [0.05, 0.1) is 12.2 Å². The van der Waals surface area contributed by atoms with E-state index in [1.54, 1.807) is 6.92 Å². The number of hydrogen-bond acceptors (Lipinski definition) is 5. The van der Waals surface area contributed by atoms with Crippen LogP contribution in [0.3, 0.4) is 0 Å². The SMILES string of the molecule is CCCCCCCCCCCCCCC(C)OC(CS(=O)(=O)O)CS(=O)(=O)O.[NaH]. The molecule has 0 saturated carbocycles. The molecular formula is C19H41NaO7S2. The third-order valence-electron chi connectivity index (χ3n) is 4.68. The van der Waals surface area contributed by atoms with Crippen molar-refractivity contribution in [2.45, 2.75) is 110 Å². The fourth-order valence-electron chi connectivity index (χ4n) is 3.27. The molecule has 0 fully saturated rings. The number of rotatable bonds is 19. The molecule has 1 atom stereocenters. The van der Waals surface area contributed by atoms with Crippen molar-refractivity contribution in [3.8, 4) is 0 Å². The van der Waals surface area contributed by atoms with Crippen LogP contribution in [0.25, 0.3) is 0 Å². The average molecular weight is 469 g/mol. The molecule has 0 amide bonds.